The first-order chi connectivity index (χ1) is 14.5. The summed E-state index contributed by atoms with van der Waals surface area (Å²) in [7, 11) is 0. The first kappa shape index (κ1) is 18.0. The molecule has 5 rings (SSSR count). The molecule has 2 aliphatic heterocycles. The fourth-order valence-corrected chi connectivity index (χ4v) is 4.23. The predicted molar refractivity (Wildman–Crippen MR) is 107 cm³/mol. The van der Waals surface area contributed by atoms with Crippen molar-refractivity contribution in [3.63, 3.8) is 0 Å². The molecule has 3 N–H and O–H groups in total. The van der Waals surface area contributed by atoms with Gasteiger partial charge in [-0.05, 0) is 25.1 Å². The third-order valence-electron chi connectivity index (χ3n) is 5.37. The van der Waals surface area contributed by atoms with Gasteiger partial charge in [-0.1, -0.05) is 30.3 Å². The minimum Gasteiger partial charge on any atom is -0.462 e. The molecular weight excluding hydrogens is 388 g/mol. The van der Waals surface area contributed by atoms with Crippen LogP contribution in [-0.2, 0) is 19.7 Å². The van der Waals surface area contributed by atoms with Crippen LogP contribution in [-0.4, -0.2) is 18.5 Å². The molecule has 0 aliphatic carbocycles. The van der Waals surface area contributed by atoms with Gasteiger partial charge in [-0.25, -0.2) is 9.59 Å². The Balaban J connectivity index is 1.97. The van der Waals surface area contributed by atoms with Gasteiger partial charge < -0.3 is 24.9 Å². The highest BCUT2D eigenvalue weighted by atomic mass is 16.5. The third-order valence-corrected chi connectivity index (χ3v) is 5.37. The first-order valence-electron chi connectivity index (χ1n) is 9.32. The SMILES string of the molecule is CCOC(=O)C1=C(N)Oc2c(c(=O)oc3ccccc23)[C@@]12C(=O)Nc1ccccc12. The molecule has 150 valence electrons. The van der Waals surface area contributed by atoms with E-state index in [1.54, 1.807) is 55.5 Å². The summed E-state index contributed by atoms with van der Waals surface area (Å²) in [6.07, 6.45) is 0. The number of para-hydroxylation sites is 2. The molecule has 8 nitrogen and oxygen atoms in total. The number of anilines is 1. The van der Waals surface area contributed by atoms with Crippen molar-refractivity contribution in [1.82, 2.24) is 0 Å². The summed E-state index contributed by atoms with van der Waals surface area (Å²) in [5.74, 6) is -1.68. The molecule has 0 saturated heterocycles. The molecule has 30 heavy (non-hydrogen) atoms. The van der Waals surface area contributed by atoms with Gasteiger partial charge >= 0.3 is 11.6 Å². The molecule has 3 aromatic rings. The number of amides is 1. The summed E-state index contributed by atoms with van der Waals surface area (Å²) in [5, 5.41) is 3.20. The summed E-state index contributed by atoms with van der Waals surface area (Å²) < 4.78 is 16.4. The van der Waals surface area contributed by atoms with E-state index in [4.69, 9.17) is 19.6 Å². The van der Waals surface area contributed by atoms with E-state index in [2.05, 4.69) is 5.32 Å². The second-order valence-electron chi connectivity index (χ2n) is 6.90. The van der Waals surface area contributed by atoms with E-state index >= 15 is 0 Å². The highest BCUT2D eigenvalue weighted by Crippen LogP contribution is 2.53. The molecule has 8 heteroatoms. The smallest absolute Gasteiger partial charge is 0.345 e. The van der Waals surface area contributed by atoms with Crippen LogP contribution in [0.1, 0.15) is 18.1 Å². The molecular formula is C22H16N2O6. The summed E-state index contributed by atoms with van der Waals surface area (Å²) in [5.41, 5.74) is 4.29. The molecule has 0 radical (unpaired) electrons. The number of esters is 1. The van der Waals surface area contributed by atoms with Crippen LogP contribution in [0.25, 0.3) is 11.0 Å². The van der Waals surface area contributed by atoms with Gasteiger partial charge in [0.1, 0.15) is 22.1 Å². The molecule has 1 spiro atoms. The maximum absolute atomic E-state index is 13.5. The summed E-state index contributed by atoms with van der Waals surface area (Å²) in [4.78, 5) is 39.6. The highest BCUT2D eigenvalue weighted by molar-refractivity contribution is 6.18. The van der Waals surface area contributed by atoms with Crippen molar-refractivity contribution in [2.45, 2.75) is 12.3 Å². The molecule has 0 unspecified atom stereocenters. The van der Waals surface area contributed by atoms with Gasteiger partial charge in [0.2, 0.25) is 11.8 Å². The first-order valence-corrected chi connectivity index (χ1v) is 9.32. The summed E-state index contributed by atoms with van der Waals surface area (Å²) >= 11 is 0. The monoisotopic (exact) mass is 404 g/mol. The highest BCUT2D eigenvalue weighted by Gasteiger charge is 2.60. The summed E-state index contributed by atoms with van der Waals surface area (Å²) in [6, 6.07) is 13.5. The van der Waals surface area contributed by atoms with E-state index in [0.29, 0.717) is 16.6 Å². The Bertz CT molecular complexity index is 1340. The average Bonchev–Trinajstić information content (AvgIpc) is 3.00. The van der Waals surface area contributed by atoms with Crippen molar-refractivity contribution in [3.8, 4) is 5.75 Å². The Kier molecular flexibility index (Phi) is 3.73. The van der Waals surface area contributed by atoms with Gasteiger partial charge in [0.25, 0.3) is 0 Å². The Morgan fingerprint density at radius 1 is 1.13 bits per heavy atom. The average molecular weight is 404 g/mol. The normalized spacial score (nSPS) is 19.3. The second kappa shape index (κ2) is 6.21. The van der Waals surface area contributed by atoms with E-state index in [1.165, 1.54) is 0 Å². The summed E-state index contributed by atoms with van der Waals surface area (Å²) in [6.45, 7) is 1.68. The Morgan fingerprint density at radius 2 is 1.87 bits per heavy atom. The van der Waals surface area contributed by atoms with Crippen molar-refractivity contribution in [1.29, 1.82) is 0 Å². The van der Waals surface area contributed by atoms with Crippen LogP contribution in [0.2, 0.25) is 0 Å². The number of fused-ring (bicyclic) bond motifs is 6. The second-order valence-corrected chi connectivity index (χ2v) is 6.90. The predicted octanol–water partition coefficient (Wildman–Crippen LogP) is 2.16. The topological polar surface area (TPSA) is 121 Å². The molecule has 0 bridgehead atoms. The molecule has 1 aromatic heterocycles. The van der Waals surface area contributed by atoms with Gasteiger partial charge in [0, 0.05) is 11.3 Å². The number of rotatable bonds is 2. The zero-order valence-corrected chi connectivity index (χ0v) is 15.9. The van der Waals surface area contributed by atoms with Crippen molar-refractivity contribution < 1.29 is 23.5 Å². The van der Waals surface area contributed by atoms with Crippen LogP contribution < -0.4 is 21.4 Å². The molecule has 0 saturated carbocycles. The van der Waals surface area contributed by atoms with E-state index in [-0.39, 0.29) is 35.0 Å². The number of hydrogen-bond acceptors (Lipinski definition) is 7. The molecule has 2 aromatic carbocycles. The molecule has 3 heterocycles. The zero-order chi connectivity index (χ0) is 21.0. The number of ether oxygens (including phenoxy) is 2. The lowest BCUT2D eigenvalue weighted by atomic mass is 9.68. The minimum absolute atomic E-state index is 0.0497. The molecule has 2 aliphatic rings. The van der Waals surface area contributed by atoms with Crippen LogP contribution >= 0.6 is 0 Å². The van der Waals surface area contributed by atoms with Gasteiger partial charge in [-0.2, -0.15) is 0 Å². The van der Waals surface area contributed by atoms with E-state index < -0.39 is 22.9 Å². The van der Waals surface area contributed by atoms with Gasteiger partial charge in [-0.3, -0.25) is 4.79 Å². The van der Waals surface area contributed by atoms with Crippen LogP contribution in [0.3, 0.4) is 0 Å². The number of benzene rings is 2. The maximum atomic E-state index is 13.5. The fraction of sp³-hybridized carbons (Fsp3) is 0.136. The van der Waals surface area contributed by atoms with E-state index in [9.17, 15) is 14.4 Å². The van der Waals surface area contributed by atoms with Gasteiger partial charge in [-0.15, -0.1) is 0 Å². The molecule has 1 amide bonds. The fourth-order valence-electron chi connectivity index (χ4n) is 4.23. The largest absolute Gasteiger partial charge is 0.462 e. The minimum atomic E-state index is -1.86. The standard InChI is InChI=1S/C22H16N2O6/c1-2-28-19(25)16-18(23)30-17-11-7-3-6-10-14(11)29-20(26)15(17)22(16)12-8-4-5-9-13(12)24-21(22)27/h3-10H,2,23H2,1H3,(H,24,27)/t22-/m1/s1. The van der Waals surface area contributed by atoms with Crippen LogP contribution in [0.15, 0.2) is 69.2 Å². The van der Waals surface area contributed by atoms with Crippen LogP contribution in [0, 0.1) is 0 Å². The lowest BCUT2D eigenvalue weighted by Gasteiger charge is -2.34. The van der Waals surface area contributed by atoms with E-state index in [1.807, 2.05) is 0 Å². The Labute approximate surface area is 169 Å². The zero-order valence-electron chi connectivity index (χ0n) is 15.9. The van der Waals surface area contributed by atoms with Crippen LogP contribution in [0.4, 0.5) is 5.69 Å². The van der Waals surface area contributed by atoms with Gasteiger partial charge in [0.15, 0.2) is 5.75 Å². The quantitative estimate of drug-likeness (QED) is 0.496. The lowest BCUT2D eigenvalue weighted by Crippen LogP contribution is -2.48. The van der Waals surface area contributed by atoms with E-state index in [0.717, 1.165) is 0 Å². The van der Waals surface area contributed by atoms with Crippen molar-refractivity contribution in [2.75, 3.05) is 11.9 Å². The molecule has 1 atom stereocenters. The number of carbonyl (C=O) groups excluding carboxylic acids is 2. The Morgan fingerprint density at radius 3 is 2.67 bits per heavy atom. The number of nitrogens with one attached hydrogen (secondary N) is 1. The van der Waals surface area contributed by atoms with Crippen molar-refractivity contribution in [3.05, 3.63) is 81.5 Å². The van der Waals surface area contributed by atoms with Crippen molar-refractivity contribution >= 4 is 28.5 Å². The van der Waals surface area contributed by atoms with Crippen molar-refractivity contribution in [2.24, 2.45) is 5.73 Å². The number of carbonyl (C=O) groups is 2. The maximum Gasteiger partial charge on any atom is 0.345 e. The lowest BCUT2D eigenvalue weighted by molar-refractivity contribution is -0.140. The molecule has 0 fully saturated rings. The van der Waals surface area contributed by atoms with Crippen LogP contribution in [0.5, 0.6) is 5.75 Å². The van der Waals surface area contributed by atoms with Gasteiger partial charge in [0.05, 0.1) is 12.0 Å². The number of nitrogens with two attached hydrogens (primary N) is 1. The number of hydrogen-bond donors (Lipinski definition) is 2. The Hall–Kier alpha value is -4.07. The third kappa shape index (κ3) is 2.13.